The molecule has 0 heterocycles. The van der Waals surface area contributed by atoms with Gasteiger partial charge in [0.15, 0.2) is 5.78 Å². The Hall–Kier alpha value is -1.24. The van der Waals surface area contributed by atoms with Crippen LogP contribution in [-0.2, 0) is 14.3 Å². The van der Waals surface area contributed by atoms with Crippen molar-refractivity contribution in [1.29, 1.82) is 0 Å². The normalized spacial score (nSPS) is 11.9. The molecule has 0 radical (unpaired) electrons. The Kier molecular flexibility index (Phi) is 6.69. The summed E-state index contributed by atoms with van der Waals surface area (Å²) in [4.78, 5) is 16.1. The number of nitrogens with zero attached hydrogens (tertiary/aromatic N) is 1. The van der Waals surface area contributed by atoms with Gasteiger partial charge < -0.3 is 9.47 Å². The molecule has 0 aromatic heterocycles. The molecule has 4 nitrogen and oxygen atoms in total. The van der Waals surface area contributed by atoms with Gasteiger partial charge in [0.2, 0.25) is 6.29 Å². The topological polar surface area (TPSA) is 47.9 Å². The highest BCUT2D eigenvalue weighted by Crippen LogP contribution is 2.17. The number of hydrogen-bond donors (Lipinski definition) is 0. The van der Waals surface area contributed by atoms with Crippen molar-refractivity contribution in [2.45, 2.75) is 12.7 Å². The molecule has 0 N–H and O–H groups in total. The van der Waals surface area contributed by atoms with E-state index in [0.717, 1.165) is 0 Å². The van der Waals surface area contributed by atoms with Crippen LogP contribution in [0.3, 0.4) is 0 Å². The number of benzene rings is 1. The quantitative estimate of drug-likeness (QED) is 0.458. The first kappa shape index (κ1) is 15.8. The molecule has 104 valence electrons. The van der Waals surface area contributed by atoms with Gasteiger partial charge in [-0.05, 0) is 30.5 Å². The van der Waals surface area contributed by atoms with Crippen LogP contribution < -0.4 is 0 Å². The molecule has 0 aliphatic heterocycles. The number of rotatable bonds is 6. The molecule has 19 heavy (non-hydrogen) atoms. The summed E-state index contributed by atoms with van der Waals surface area (Å²) >= 11 is 1.36. The lowest BCUT2D eigenvalue weighted by molar-refractivity contribution is -0.155. The fourth-order valence-electron chi connectivity index (χ4n) is 1.41. The zero-order chi connectivity index (χ0) is 14.3. The minimum Gasteiger partial charge on any atom is -0.349 e. The van der Waals surface area contributed by atoms with Crippen LogP contribution in [0.2, 0.25) is 0 Å². The lowest BCUT2D eigenvalue weighted by Crippen LogP contribution is -2.26. The van der Waals surface area contributed by atoms with Crippen molar-refractivity contribution in [3.63, 3.8) is 0 Å². The number of ketones is 1. The van der Waals surface area contributed by atoms with E-state index in [1.54, 1.807) is 12.1 Å². The molecule has 0 aliphatic carbocycles. The number of thioether (sulfide) groups is 1. The number of aliphatic imine (C=N–C) groups is 1. The second kappa shape index (κ2) is 8.04. The van der Waals surface area contributed by atoms with Crippen LogP contribution in [-0.4, -0.2) is 37.6 Å². The molecule has 0 fully saturated rings. The molecule has 0 atom stereocenters. The first-order valence-corrected chi connectivity index (χ1v) is 6.78. The second-order valence-electron chi connectivity index (χ2n) is 3.63. The predicted molar refractivity (Wildman–Crippen MR) is 74.4 cm³/mol. The van der Waals surface area contributed by atoms with Gasteiger partial charge in [0.25, 0.3) is 0 Å². The fourth-order valence-corrected chi connectivity index (χ4v) is 1.89. The Morgan fingerprint density at radius 1 is 1.32 bits per heavy atom. The molecule has 0 saturated heterocycles. The molecule has 0 spiro atoms. The van der Waals surface area contributed by atoms with Crippen LogP contribution in [0.15, 0.2) is 29.3 Å². The van der Waals surface area contributed by atoms with E-state index >= 15 is 0 Å². The number of Topliss-reactive ketones (excluding diaryl/α,β-unsaturated/α-hetero) is 1. The van der Waals surface area contributed by atoms with E-state index in [2.05, 4.69) is 4.99 Å². The predicted octanol–water partition coefficient (Wildman–Crippen LogP) is 2.80. The summed E-state index contributed by atoms with van der Waals surface area (Å²) in [5, 5.41) is 0.621. The highest BCUT2D eigenvalue weighted by Gasteiger charge is 2.18. The summed E-state index contributed by atoms with van der Waals surface area (Å²) in [6.45, 7) is 0. The lowest BCUT2D eigenvalue weighted by atomic mass is 10.3. The van der Waals surface area contributed by atoms with Crippen molar-refractivity contribution < 1.29 is 18.7 Å². The second-order valence-corrected chi connectivity index (χ2v) is 4.51. The third-order valence-electron chi connectivity index (χ3n) is 2.33. The van der Waals surface area contributed by atoms with Crippen molar-refractivity contribution in [1.82, 2.24) is 0 Å². The largest absolute Gasteiger partial charge is 0.349 e. The van der Waals surface area contributed by atoms with E-state index in [9.17, 15) is 9.18 Å². The summed E-state index contributed by atoms with van der Waals surface area (Å²) in [6, 6.07) is 5.76. The monoisotopic (exact) mass is 285 g/mol. The van der Waals surface area contributed by atoms with Gasteiger partial charge in [0, 0.05) is 14.2 Å². The number of carbonyl (C=O) groups is 1. The van der Waals surface area contributed by atoms with Gasteiger partial charge in [0.05, 0.1) is 17.2 Å². The Morgan fingerprint density at radius 2 is 1.89 bits per heavy atom. The maximum absolute atomic E-state index is 12.8. The van der Waals surface area contributed by atoms with E-state index in [0.29, 0.717) is 10.7 Å². The van der Waals surface area contributed by atoms with Gasteiger partial charge in [-0.1, -0.05) is 0 Å². The minimum absolute atomic E-state index is 0.116. The van der Waals surface area contributed by atoms with Gasteiger partial charge in [0.1, 0.15) is 5.82 Å². The van der Waals surface area contributed by atoms with Crippen molar-refractivity contribution in [2.24, 2.45) is 4.99 Å². The van der Waals surface area contributed by atoms with Crippen LogP contribution >= 0.6 is 11.8 Å². The molecule has 0 aliphatic rings. The smallest absolute Gasteiger partial charge is 0.217 e. The Labute approximate surface area is 116 Å². The molecule has 1 aromatic rings. The summed E-state index contributed by atoms with van der Waals surface area (Å²) in [5.74, 6) is -0.528. The van der Waals surface area contributed by atoms with E-state index in [-0.39, 0.29) is 18.0 Å². The highest BCUT2D eigenvalue weighted by molar-refractivity contribution is 8.13. The number of ether oxygens (including phenoxy) is 2. The molecule has 0 bridgehead atoms. The van der Waals surface area contributed by atoms with Gasteiger partial charge in [-0.2, -0.15) is 0 Å². The van der Waals surface area contributed by atoms with E-state index in [4.69, 9.17) is 9.47 Å². The Morgan fingerprint density at radius 3 is 2.37 bits per heavy atom. The first-order valence-electron chi connectivity index (χ1n) is 5.56. The third-order valence-corrected chi connectivity index (χ3v) is 3.04. The third kappa shape index (κ3) is 5.10. The maximum atomic E-state index is 12.8. The summed E-state index contributed by atoms with van der Waals surface area (Å²) in [5.41, 5.74) is 0.602. The van der Waals surface area contributed by atoms with Crippen LogP contribution in [0.1, 0.15) is 6.42 Å². The zero-order valence-corrected chi connectivity index (χ0v) is 11.9. The SMILES string of the molecule is COC(OC)C(=O)CC(=Nc1ccc(F)cc1)SC. The van der Waals surface area contributed by atoms with E-state index in [1.165, 1.54) is 38.1 Å². The average Bonchev–Trinajstić information content (AvgIpc) is 2.41. The Balaban J connectivity index is 2.77. The van der Waals surface area contributed by atoms with Gasteiger partial charge in [-0.3, -0.25) is 4.79 Å². The van der Waals surface area contributed by atoms with Crippen molar-refractivity contribution in [3.05, 3.63) is 30.1 Å². The van der Waals surface area contributed by atoms with Gasteiger partial charge in [-0.15, -0.1) is 11.8 Å². The van der Waals surface area contributed by atoms with Crippen molar-refractivity contribution in [3.8, 4) is 0 Å². The number of halogens is 1. The standard InChI is InChI=1S/C13H16FNO3S/c1-17-13(18-2)11(16)8-12(19-3)15-10-6-4-9(14)5-7-10/h4-7,13H,8H2,1-3H3. The van der Waals surface area contributed by atoms with Crippen molar-refractivity contribution in [2.75, 3.05) is 20.5 Å². The molecular weight excluding hydrogens is 269 g/mol. The van der Waals surface area contributed by atoms with Crippen molar-refractivity contribution >= 4 is 28.3 Å². The summed E-state index contributed by atoms with van der Waals surface area (Å²) in [6.07, 6.45) is 1.06. The lowest BCUT2D eigenvalue weighted by Gasteiger charge is -2.12. The number of methoxy groups -OCH3 is 2. The summed E-state index contributed by atoms with van der Waals surface area (Å²) < 4.78 is 22.5. The highest BCUT2D eigenvalue weighted by atomic mass is 32.2. The van der Waals surface area contributed by atoms with Gasteiger partial charge >= 0.3 is 0 Å². The molecule has 6 heteroatoms. The molecule has 0 amide bonds. The average molecular weight is 285 g/mol. The fraction of sp³-hybridized carbons (Fsp3) is 0.385. The molecule has 0 unspecified atom stereocenters. The van der Waals surface area contributed by atoms with Crippen LogP contribution in [0.5, 0.6) is 0 Å². The Bertz CT molecular complexity index is 444. The molecule has 1 rings (SSSR count). The number of carbonyl (C=O) groups excluding carboxylic acids is 1. The van der Waals surface area contributed by atoms with Crippen LogP contribution in [0.25, 0.3) is 0 Å². The zero-order valence-electron chi connectivity index (χ0n) is 11.1. The maximum Gasteiger partial charge on any atom is 0.217 e. The van der Waals surface area contributed by atoms with Crippen LogP contribution in [0.4, 0.5) is 10.1 Å². The first-order chi connectivity index (χ1) is 9.10. The minimum atomic E-state index is -0.884. The number of hydrogen-bond acceptors (Lipinski definition) is 5. The molecule has 1 aromatic carbocycles. The summed E-state index contributed by atoms with van der Waals surface area (Å²) in [7, 11) is 2.81. The van der Waals surface area contributed by atoms with E-state index in [1.807, 2.05) is 6.26 Å². The molecule has 0 saturated carbocycles. The van der Waals surface area contributed by atoms with E-state index < -0.39 is 6.29 Å². The molecular formula is C13H16FNO3S. The van der Waals surface area contributed by atoms with Crippen LogP contribution in [0, 0.1) is 5.82 Å². The van der Waals surface area contributed by atoms with Gasteiger partial charge in [-0.25, -0.2) is 9.38 Å².